The number of aromatic nitrogens is 1. The minimum absolute atomic E-state index is 0.0131. The zero-order chi connectivity index (χ0) is 25.2. The van der Waals surface area contributed by atoms with E-state index in [1.807, 2.05) is 32.0 Å². The van der Waals surface area contributed by atoms with Crippen LogP contribution in [-0.4, -0.2) is 53.8 Å². The Morgan fingerprint density at radius 2 is 1.81 bits per heavy atom. The Bertz CT molecular complexity index is 1300. The number of carbonyl (C=O) groups excluding carboxylic acids is 3. The van der Waals surface area contributed by atoms with E-state index in [0.29, 0.717) is 35.8 Å². The number of Topliss-reactive ketones (excluding diaryl/α,β-unsaturated/α-hetero) is 1. The lowest BCUT2D eigenvalue weighted by Crippen LogP contribution is -2.38. The van der Waals surface area contributed by atoms with Gasteiger partial charge in [0.15, 0.2) is 24.7 Å². The van der Waals surface area contributed by atoms with Gasteiger partial charge >= 0.3 is 0 Å². The fourth-order valence-electron chi connectivity index (χ4n) is 4.50. The third-order valence-electron chi connectivity index (χ3n) is 6.25. The van der Waals surface area contributed by atoms with Crippen molar-refractivity contribution in [3.8, 4) is 11.5 Å². The third-order valence-corrected chi connectivity index (χ3v) is 6.25. The van der Waals surface area contributed by atoms with Crippen LogP contribution in [0.15, 0.2) is 47.1 Å². The first-order chi connectivity index (χ1) is 17.4. The Kier molecular flexibility index (Phi) is 6.45. The summed E-state index contributed by atoms with van der Waals surface area (Å²) in [5.74, 6) is 0.624. The summed E-state index contributed by atoms with van der Waals surface area (Å²) < 4.78 is 16.8. The summed E-state index contributed by atoms with van der Waals surface area (Å²) in [6.45, 7) is 5.08. The predicted octanol–water partition coefficient (Wildman–Crippen LogP) is 3.71. The lowest BCUT2D eigenvalue weighted by Gasteiger charge is -2.28. The average Bonchev–Trinajstić information content (AvgIpc) is 3.56. The van der Waals surface area contributed by atoms with Crippen molar-refractivity contribution in [1.82, 2.24) is 9.88 Å². The van der Waals surface area contributed by atoms with Crippen LogP contribution in [0.5, 0.6) is 11.5 Å². The van der Waals surface area contributed by atoms with E-state index in [4.69, 9.17) is 13.9 Å². The molecule has 2 aromatic carbocycles. The Morgan fingerprint density at radius 3 is 2.56 bits per heavy atom. The normalized spacial score (nSPS) is 15.0. The van der Waals surface area contributed by atoms with E-state index in [-0.39, 0.29) is 48.9 Å². The molecule has 1 saturated heterocycles. The maximum atomic E-state index is 12.9. The molecule has 2 amide bonds. The standard InChI is InChI=1S/C27H27N3O6/c1-17-9-18(2)11-20(10-17)34-15-23(31)19-5-6-24-22(12-19)30(26(32)16-35-24)13-25-28-21(14-36-25)27(33)29-7-3-4-8-29/h5-6,9-12,14H,3-4,7-8,13,15-16H2,1-2H3. The molecule has 2 aliphatic rings. The van der Waals surface area contributed by atoms with Crippen LogP contribution in [0, 0.1) is 13.8 Å². The second kappa shape index (κ2) is 9.85. The van der Waals surface area contributed by atoms with Crippen LogP contribution in [0.1, 0.15) is 50.7 Å². The first-order valence-corrected chi connectivity index (χ1v) is 11.9. The minimum atomic E-state index is -0.302. The number of hydrogen-bond donors (Lipinski definition) is 0. The molecule has 1 aromatic heterocycles. The number of anilines is 1. The zero-order valence-corrected chi connectivity index (χ0v) is 20.3. The number of amides is 2. The van der Waals surface area contributed by atoms with E-state index < -0.39 is 0 Å². The van der Waals surface area contributed by atoms with Gasteiger partial charge in [0.05, 0.1) is 5.69 Å². The number of benzene rings is 2. The largest absolute Gasteiger partial charge is 0.485 e. The number of hydrogen-bond acceptors (Lipinski definition) is 7. The SMILES string of the molecule is Cc1cc(C)cc(OCC(=O)c2ccc3c(c2)N(Cc2nc(C(=O)N4CCCC4)co2)C(=O)CO3)c1. The molecule has 0 unspecified atom stereocenters. The van der Waals surface area contributed by atoms with Gasteiger partial charge in [-0.1, -0.05) is 6.07 Å². The van der Waals surface area contributed by atoms with Crippen molar-refractivity contribution in [3.63, 3.8) is 0 Å². The van der Waals surface area contributed by atoms with Gasteiger partial charge in [0.25, 0.3) is 11.8 Å². The van der Waals surface area contributed by atoms with Crippen LogP contribution in [0.2, 0.25) is 0 Å². The highest BCUT2D eigenvalue weighted by Crippen LogP contribution is 2.34. The monoisotopic (exact) mass is 489 g/mol. The molecule has 0 aliphatic carbocycles. The van der Waals surface area contributed by atoms with Crippen molar-refractivity contribution in [3.05, 3.63) is 70.9 Å². The number of nitrogens with zero attached hydrogens (tertiary/aromatic N) is 3. The van der Waals surface area contributed by atoms with Gasteiger partial charge in [-0.25, -0.2) is 4.98 Å². The first-order valence-electron chi connectivity index (χ1n) is 11.9. The molecule has 5 rings (SSSR count). The lowest BCUT2D eigenvalue weighted by molar-refractivity contribution is -0.121. The Morgan fingerprint density at radius 1 is 1.06 bits per heavy atom. The molecule has 0 bridgehead atoms. The van der Waals surface area contributed by atoms with Crippen molar-refractivity contribution in [2.24, 2.45) is 0 Å². The molecule has 9 heteroatoms. The molecule has 0 saturated carbocycles. The number of rotatable bonds is 7. The average molecular weight is 490 g/mol. The summed E-state index contributed by atoms with van der Waals surface area (Å²) in [6.07, 6.45) is 3.28. The van der Waals surface area contributed by atoms with Crippen molar-refractivity contribution < 1.29 is 28.3 Å². The summed E-state index contributed by atoms with van der Waals surface area (Å²) in [7, 11) is 0. The molecule has 36 heavy (non-hydrogen) atoms. The molecule has 0 spiro atoms. The Hall–Kier alpha value is -4.14. The molecule has 2 aliphatic heterocycles. The molecule has 9 nitrogen and oxygen atoms in total. The highest BCUT2D eigenvalue weighted by Gasteiger charge is 2.29. The summed E-state index contributed by atoms with van der Waals surface area (Å²) in [6, 6.07) is 10.7. The van der Waals surface area contributed by atoms with Crippen molar-refractivity contribution in [1.29, 1.82) is 0 Å². The summed E-state index contributed by atoms with van der Waals surface area (Å²) in [4.78, 5) is 45.7. The summed E-state index contributed by atoms with van der Waals surface area (Å²) in [5, 5.41) is 0. The quantitative estimate of drug-likeness (QED) is 0.466. The van der Waals surface area contributed by atoms with E-state index in [0.717, 1.165) is 24.0 Å². The minimum Gasteiger partial charge on any atom is -0.485 e. The summed E-state index contributed by atoms with van der Waals surface area (Å²) >= 11 is 0. The molecule has 0 radical (unpaired) electrons. The van der Waals surface area contributed by atoms with Gasteiger partial charge in [-0.3, -0.25) is 19.3 Å². The van der Waals surface area contributed by atoms with Crippen LogP contribution >= 0.6 is 0 Å². The molecular weight excluding hydrogens is 462 g/mol. The van der Waals surface area contributed by atoms with Crippen LogP contribution in [0.3, 0.4) is 0 Å². The van der Waals surface area contributed by atoms with E-state index in [1.54, 1.807) is 23.1 Å². The van der Waals surface area contributed by atoms with E-state index in [2.05, 4.69) is 4.98 Å². The van der Waals surface area contributed by atoms with Gasteiger partial charge < -0.3 is 18.8 Å². The van der Waals surface area contributed by atoms with Crippen molar-refractivity contribution in [2.75, 3.05) is 31.2 Å². The maximum Gasteiger partial charge on any atom is 0.275 e. The summed E-state index contributed by atoms with van der Waals surface area (Å²) in [5.41, 5.74) is 3.15. The topological polar surface area (TPSA) is 102 Å². The van der Waals surface area contributed by atoms with Crippen LogP contribution in [-0.2, 0) is 11.3 Å². The Balaban J connectivity index is 1.31. The molecule has 186 valence electrons. The van der Waals surface area contributed by atoms with Gasteiger partial charge in [0.1, 0.15) is 24.3 Å². The Labute approximate surface area is 208 Å². The van der Waals surface area contributed by atoms with Gasteiger partial charge in [-0.05, 0) is 68.1 Å². The number of aryl methyl sites for hydroxylation is 2. The highest BCUT2D eigenvalue weighted by molar-refractivity contribution is 6.02. The number of ether oxygens (including phenoxy) is 2. The van der Waals surface area contributed by atoms with E-state index in [9.17, 15) is 14.4 Å². The van der Waals surface area contributed by atoms with Crippen LogP contribution in [0.25, 0.3) is 0 Å². The van der Waals surface area contributed by atoms with E-state index in [1.165, 1.54) is 11.2 Å². The maximum absolute atomic E-state index is 12.9. The van der Waals surface area contributed by atoms with Crippen LogP contribution < -0.4 is 14.4 Å². The predicted molar refractivity (Wildman–Crippen MR) is 131 cm³/mol. The molecule has 3 aromatic rings. The molecule has 0 N–H and O–H groups in total. The van der Waals surface area contributed by atoms with E-state index >= 15 is 0 Å². The van der Waals surface area contributed by atoms with Crippen molar-refractivity contribution in [2.45, 2.75) is 33.2 Å². The van der Waals surface area contributed by atoms with Gasteiger partial charge in [0.2, 0.25) is 5.89 Å². The fourth-order valence-corrected chi connectivity index (χ4v) is 4.50. The third kappa shape index (κ3) is 4.95. The van der Waals surface area contributed by atoms with Gasteiger partial charge in [-0.15, -0.1) is 0 Å². The highest BCUT2D eigenvalue weighted by atomic mass is 16.5. The number of ketones is 1. The smallest absolute Gasteiger partial charge is 0.275 e. The second-order valence-electron chi connectivity index (χ2n) is 9.11. The number of likely N-dealkylation sites (tertiary alicyclic amines) is 1. The van der Waals surface area contributed by atoms with Gasteiger partial charge in [-0.2, -0.15) is 0 Å². The zero-order valence-electron chi connectivity index (χ0n) is 20.3. The molecule has 3 heterocycles. The van der Waals surface area contributed by atoms with Gasteiger partial charge in [0, 0.05) is 18.7 Å². The fraction of sp³-hybridized carbons (Fsp3) is 0.333. The molecule has 0 atom stereocenters. The van der Waals surface area contributed by atoms with Crippen LogP contribution in [0.4, 0.5) is 5.69 Å². The lowest BCUT2D eigenvalue weighted by atomic mass is 10.1. The molecule has 1 fully saturated rings. The number of oxazole rings is 1. The van der Waals surface area contributed by atoms with Crippen molar-refractivity contribution >= 4 is 23.3 Å². The number of carbonyl (C=O) groups is 3. The molecular formula is C27H27N3O6. The number of fused-ring (bicyclic) bond motifs is 1. The first kappa shape index (κ1) is 23.6. The second-order valence-corrected chi connectivity index (χ2v) is 9.11.